The second-order valence-electron chi connectivity index (χ2n) is 6.76. The molecule has 0 spiro atoms. The number of nitrogens with one attached hydrogen (secondary N) is 1. The maximum Gasteiger partial charge on any atom is 0.240 e. The lowest BCUT2D eigenvalue weighted by molar-refractivity contribution is 0.356. The Bertz CT molecular complexity index is 1110. The fourth-order valence-electron chi connectivity index (χ4n) is 3.46. The Hall–Kier alpha value is -2.71. The minimum absolute atomic E-state index is 0.273. The van der Waals surface area contributed by atoms with Crippen LogP contribution in [0.4, 0.5) is 0 Å². The summed E-state index contributed by atoms with van der Waals surface area (Å²) in [6.07, 6.45) is 3.02. The summed E-state index contributed by atoms with van der Waals surface area (Å²) in [6.45, 7) is 4.80. The predicted molar refractivity (Wildman–Crippen MR) is 105 cm³/mol. The second-order valence-corrected chi connectivity index (χ2v) is 8.53. The molecule has 146 valence electrons. The highest BCUT2D eigenvalue weighted by molar-refractivity contribution is 7.89. The summed E-state index contributed by atoms with van der Waals surface area (Å²) in [5.74, 6) is 1.52. The molecule has 0 unspecified atom stereocenters. The number of hydrogen-bond acceptors (Lipinski definition) is 5. The van der Waals surface area contributed by atoms with Crippen LogP contribution in [-0.2, 0) is 22.9 Å². The van der Waals surface area contributed by atoms with Crippen LogP contribution in [0.1, 0.15) is 22.5 Å². The minimum atomic E-state index is -3.57. The first-order chi connectivity index (χ1) is 13.5. The van der Waals surface area contributed by atoms with Gasteiger partial charge < -0.3 is 4.74 Å². The average molecular weight is 398 g/mol. The quantitative estimate of drug-likeness (QED) is 0.689. The molecular weight excluding hydrogens is 376 g/mol. The van der Waals surface area contributed by atoms with Crippen LogP contribution in [0.15, 0.2) is 47.5 Å². The van der Waals surface area contributed by atoms with Gasteiger partial charge in [-0.1, -0.05) is 6.07 Å². The summed E-state index contributed by atoms with van der Waals surface area (Å²) in [5.41, 5.74) is 3.80. The number of aryl methyl sites for hydroxylation is 1. The van der Waals surface area contributed by atoms with E-state index >= 15 is 0 Å². The van der Waals surface area contributed by atoms with E-state index in [-0.39, 0.29) is 4.90 Å². The van der Waals surface area contributed by atoms with Crippen molar-refractivity contribution in [3.63, 3.8) is 0 Å². The van der Waals surface area contributed by atoms with Gasteiger partial charge in [-0.3, -0.25) is 0 Å². The molecule has 0 fully saturated rings. The molecule has 0 aliphatic carbocycles. The van der Waals surface area contributed by atoms with Gasteiger partial charge in [0.2, 0.25) is 10.0 Å². The third-order valence-electron chi connectivity index (χ3n) is 4.95. The number of fused-ring (bicyclic) bond motifs is 1. The first-order valence-corrected chi connectivity index (χ1v) is 10.7. The van der Waals surface area contributed by atoms with E-state index < -0.39 is 10.0 Å². The highest BCUT2D eigenvalue weighted by Crippen LogP contribution is 2.27. The Kier molecular flexibility index (Phi) is 4.91. The van der Waals surface area contributed by atoms with Gasteiger partial charge in [-0.15, -0.1) is 0 Å². The van der Waals surface area contributed by atoms with Crippen LogP contribution in [0.2, 0.25) is 0 Å². The predicted octanol–water partition coefficient (Wildman–Crippen LogP) is 2.34. The molecular formula is C20H22N4O3S. The minimum Gasteiger partial charge on any atom is -0.493 e. The molecule has 0 saturated carbocycles. The summed E-state index contributed by atoms with van der Waals surface area (Å²) in [7, 11) is -3.57. The van der Waals surface area contributed by atoms with Crippen LogP contribution in [-0.4, -0.2) is 36.3 Å². The molecule has 0 atom stereocenters. The van der Waals surface area contributed by atoms with E-state index in [1.807, 2.05) is 32.0 Å². The SMILES string of the molecule is Cc1nn(-c2ccccn2)c(C)c1CCNS(=O)(=O)c1ccc2c(c1)CCO2. The molecule has 4 rings (SSSR count). The van der Waals surface area contributed by atoms with Crippen molar-refractivity contribution in [3.8, 4) is 11.6 Å². The largest absolute Gasteiger partial charge is 0.493 e. The molecule has 0 bridgehead atoms. The van der Waals surface area contributed by atoms with Crippen LogP contribution in [0.3, 0.4) is 0 Å². The van der Waals surface area contributed by atoms with Gasteiger partial charge in [0.15, 0.2) is 5.82 Å². The van der Waals surface area contributed by atoms with Gasteiger partial charge in [0.1, 0.15) is 5.75 Å². The monoisotopic (exact) mass is 398 g/mol. The van der Waals surface area contributed by atoms with Crippen molar-refractivity contribution in [2.45, 2.75) is 31.6 Å². The molecule has 1 aliphatic heterocycles. The van der Waals surface area contributed by atoms with Crippen molar-refractivity contribution in [1.29, 1.82) is 0 Å². The molecule has 28 heavy (non-hydrogen) atoms. The summed E-state index contributed by atoms with van der Waals surface area (Å²) >= 11 is 0. The van der Waals surface area contributed by atoms with Crippen molar-refractivity contribution in [3.05, 3.63) is 65.1 Å². The van der Waals surface area contributed by atoms with Gasteiger partial charge in [0.25, 0.3) is 0 Å². The maximum absolute atomic E-state index is 12.6. The fraction of sp³-hybridized carbons (Fsp3) is 0.300. The Labute approximate surface area is 164 Å². The van der Waals surface area contributed by atoms with Crippen LogP contribution < -0.4 is 9.46 Å². The van der Waals surface area contributed by atoms with Crippen molar-refractivity contribution >= 4 is 10.0 Å². The Morgan fingerprint density at radius 2 is 2.07 bits per heavy atom. The van der Waals surface area contributed by atoms with Gasteiger partial charge in [0.05, 0.1) is 17.2 Å². The number of pyridine rings is 1. The number of ether oxygens (including phenoxy) is 1. The average Bonchev–Trinajstić information content (AvgIpc) is 3.27. The van der Waals surface area contributed by atoms with Crippen molar-refractivity contribution in [2.75, 3.05) is 13.2 Å². The molecule has 3 heterocycles. The number of hydrogen-bond donors (Lipinski definition) is 1. The number of benzene rings is 1. The Balaban J connectivity index is 1.47. The summed E-state index contributed by atoms with van der Waals surface area (Å²) < 4.78 is 35.2. The molecule has 3 aromatic rings. The normalized spacial score (nSPS) is 13.4. The van der Waals surface area contributed by atoms with E-state index in [2.05, 4.69) is 14.8 Å². The summed E-state index contributed by atoms with van der Waals surface area (Å²) in [6, 6.07) is 10.7. The van der Waals surface area contributed by atoms with Crippen molar-refractivity contribution < 1.29 is 13.2 Å². The molecule has 0 amide bonds. The molecule has 1 N–H and O–H groups in total. The molecule has 1 aliphatic rings. The van der Waals surface area contributed by atoms with E-state index in [1.165, 1.54) is 0 Å². The van der Waals surface area contributed by atoms with Crippen molar-refractivity contribution in [1.82, 2.24) is 19.5 Å². The third-order valence-corrected chi connectivity index (χ3v) is 6.40. The smallest absolute Gasteiger partial charge is 0.240 e. The van der Waals surface area contributed by atoms with E-state index in [0.29, 0.717) is 19.6 Å². The highest BCUT2D eigenvalue weighted by atomic mass is 32.2. The third kappa shape index (κ3) is 3.53. The molecule has 0 radical (unpaired) electrons. The van der Waals surface area contributed by atoms with Gasteiger partial charge in [-0.25, -0.2) is 22.8 Å². The van der Waals surface area contributed by atoms with Crippen LogP contribution >= 0.6 is 0 Å². The lowest BCUT2D eigenvalue weighted by atomic mass is 10.1. The van der Waals surface area contributed by atoms with E-state index in [9.17, 15) is 8.42 Å². The zero-order chi connectivity index (χ0) is 19.7. The zero-order valence-corrected chi connectivity index (χ0v) is 16.7. The number of rotatable bonds is 6. The van der Waals surface area contributed by atoms with Crippen LogP contribution in [0, 0.1) is 13.8 Å². The lowest BCUT2D eigenvalue weighted by Crippen LogP contribution is -2.26. The molecule has 8 heteroatoms. The molecule has 2 aromatic heterocycles. The number of nitrogens with zero attached hydrogens (tertiary/aromatic N) is 3. The van der Waals surface area contributed by atoms with Gasteiger partial charge in [-0.2, -0.15) is 5.10 Å². The highest BCUT2D eigenvalue weighted by Gasteiger charge is 2.20. The van der Waals surface area contributed by atoms with E-state index in [0.717, 1.165) is 40.5 Å². The van der Waals surface area contributed by atoms with Gasteiger partial charge in [0, 0.05) is 24.9 Å². The Morgan fingerprint density at radius 3 is 2.86 bits per heavy atom. The van der Waals surface area contributed by atoms with Gasteiger partial charge >= 0.3 is 0 Å². The Morgan fingerprint density at radius 1 is 1.21 bits per heavy atom. The molecule has 0 saturated heterocycles. The first-order valence-electron chi connectivity index (χ1n) is 9.17. The van der Waals surface area contributed by atoms with Crippen LogP contribution in [0.25, 0.3) is 5.82 Å². The van der Waals surface area contributed by atoms with Crippen LogP contribution in [0.5, 0.6) is 5.75 Å². The summed E-state index contributed by atoms with van der Waals surface area (Å²) in [5, 5.41) is 4.56. The standard InChI is InChI=1S/C20H22N4O3S/c1-14-18(15(2)24(23-14)20-5-3-4-10-21-20)8-11-22-28(25,26)17-6-7-19-16(13-17)9-12-27-19/h3-7,10,13,22H,8-9,11-12H2,1-2H3. The fourth-order valence-corrected chi connectivity index (χ4v) is 4.54. The number of sulfonamides is 1. The van der Waals surface area contributed by atoms with Crippen molar-refractivity contribution in [2.24, 2.45) is 0 Å². The first kappa shape index (κ1) is 18.6. The molecule has 1 aromatic carbocycles. The topological polar surface area (TPSA) is 86.1 Å². The second kappa shape index (κ2) is 7.37. The number of aromatic nitrogens is 3. The zero-order valence-electron chi connectivity index (χ0n) is 15.8. The maximum atomic E-state index is 12.6. The van der Waals surface area contributed by atoms with E-state index in [4.69, 9.17) is 4.74 Å². The molecule has 7 nitrogen and oxygen atoms in total. The summed E-state index contributed by atoms with van der Waals surface area (Å²) in [4.78, 5) is 4.60. The van der Waals surface area contributed by atoms with E-state index in [1.54, 1.807) is 29.1 Å². The lowest BCUT2D eigenvalue weighted by Gasteiger charge is -2.09. The van der Waals surface area contributed by atoms with Gasteiger partial charge in [-0.05, 0) is 61.7 Å².